The molecule has 2 fully saturated rings. The Balaban J connectivity index is 1.83. The van der Waals surface area contributed by atoms with Crippen LogP contribution in [0.15, 0.2) is 18.2 Å². The van der Waals surface area contributed by atoms with E-state index in [9.17, 15) is 18.0 Å². The van der Waals surface area contributed by atoms with Crippen LogP contribution in [-0.4, -0.2) is 36.4 Å². The zero-order valence-corrected chi connectivity index (χ0v) is 13.0. The van der Waals surface area contributed by atoms with Crippen molar-refractivity contribution in [1.29, 1.82) is 0 Å². The number of Topliss-reactive ketones (excluding diaryl/α,β-unsaturated/α-hetero) is 1. The highest BCUT2D eigenvalue weighted by Gasteiger charge is 2.39. The number of hydrogen-bond donors (Lipinski definition) is 0. The minimum atomic E-state index is -3.08. The molecule has 0 aromatic heterocycles. The number of carbonyl (C=O) groups is 1. The second kappa shape index (κ2) is 6.51. The fourth-order valence-corrected chi connectivity index (χ4v) is 3.94. The number of halogens is 3. The van der Waals surface area contributed by atoms with Gasteiger partial charge in [0.15, 0.2) is 5.78 Å². The average molecular weight is 327 g/mol. The van der Waals surface area contributed by atoms with Crippen LogP contribution < -0.4 is 4.74 Å². The van der Waals surface area contributed by atoms with Gasteiger partial charge in [-0.2, -0.15) is 8.78 Å². The molecule has 1 aromatic carbocycles. The molecule has 2 bridgehead atoms. The number of benzene rings is 1. The molecule has 2 heterocycles. The normalized spacial score (nSPS) is 28.0. The molecule has 0 saturated carbocycles. The molecule has 6 heteroatoms. The predicted octanol–water partition coefficient (Wildman–Crippen LogP) is 3.87. The van der Waals surface area contributed by atoms with Gasteiger partial charge in [-0.25, -0.2) is 4.39 Å². The van der Waals surface area contributed by atoms with Crippen LogP contribution in [0.3, 0.4) is 0 Å². The van der Waals surface area contributed by atoms with Gasteiger partial charge in [0.25, 0.3) is 0 Å². The van der Waals surface area contributed by atoms with Gasteiger partial charge >= 0.3 is 6.61 Å². The van der Waals surface area contributed by atoms with E-state index in [2.05, 4.69) is 16.7 Å². The Hall–Kier alpha value is -1.56. The first-order valence-corrected chi connectivity index (χ1v) is 7.96. The molecule has 2 atom stereocenters. The van der Waals surface area contributed by atoms with Crippen molar-refractivity contribution in [2.75, 3.05) is 7.05 Å². The molecule has 2 saturated heterocycles. The monoisotopic (exact) mass is 327 g/mol. The van der Waals surface area contributed by atoms with Crippen LogP contribution in [0.5, 0.6) is 5.75 Å². The SMILES string of the molecule is CN1C2CCCC1CC(C(=O)c1ccc(F)cc1OC(F)F)C2. The van der Waals surface area contributed by atoms with E-state index in [-0.39, 0.29) is 23.0 Å². The number of fused-ring (bicyclic) bond motifs is 2. The molecule has 0 amide bonds. The lowest BCUT2D eigenvalue weighted by molar-refractivity contribution is -0.0504. The maximum Gasteiger partial charge on any atom is 0.387 e. The average Bonchev–Trinajstić information content (AvgIpc) is 2.45. The van der Waals surface area contributed by atoms with E-state index in [0.29, 0.717) is 12.1 Å². The molecule has 1 aromatic rings. The number of ketones is 1. The summed E-state index contributed by atoms with van der Waals surface area (Å²) in [5.74, 6) is -1.50. The maximum atomic E-state index is 13.3. The molecule has 3 nitrogen and oxygen atoms in total. The number of alkyl halides is 2. The van der Waals surface area contributed by atoms with Gasteiger partial charge in [0.05, 0.1) is 5.56 Å². The van der Waals surface area contributed by atoms with Gasteiger partial charge in [-0.1, -0.05) is 6.42 Å². The van der Waals surface area contributed by atoms with Crippen molar-refractivity contribution in [3.8, 4) is 5.75 Å². The highest BCUT2D eigenvalue weighted by Crippen LogP contribution is 2.38. The molecular formula is C17H20F3NO2. The Morgan fingerprint density at radius 1 is 1.26 bits per heavy atom. The number of piperidine rings is 2. The summed E-state index contributed by atoms with van der Waals surface area (Å²) in [4.78, 5) is 15.1. The zero-order chi connectivity index (χ0) is 16.6. The van der Waals surface area contributed by atoms with Crippen LogP contribution in [0.4, 0.5) is 13.2 Å². The largest absolute Gasteiger partial charge is 0.434 e. The fraction of sp³-hybridized carbons (Fsp3) is 0.588. The number of nitrogens with zero attached hydrogens (tertiary/aromatic N) is 1. The molecule has 23 heavy (non-hydrogen) atoms. The van der Waals surface area contributed by atoms with Crippen LogP contribution >= 0.6 is 0 Å². The van der Waals surface area contributed by atoms with Crippen molar-refractivity contribution in [2.24, 2.45) is 5.92 Å². The van der Waals surface area contributed by atoms with Crippen molar-refractivity contribution in [3.05, 3.63) is 29.6 Å². The number of carbonyl (C=O) groups excluding carboxylic acids is 1. The zero-order valence-electron chi connectivity index (χ0n) is 13.0. The Bertz CT molecular complexity index is 579. The van der Waals surface area contributed by atoms with Crippen LogP contribution in [0.1, 0.15) is 42.5 Å². The van der Waals surface area contributed by atoms with Gasteiger partial charge in [0.2, 0.25) is 0 Å². The van der Waals surface area contributed by atoms with Crippen molar-refractivity contribution >= 4 is 5.78 Å². The highest BCUT2D eigenvalue weighted by molar-refractivity contribution is 6.00. The molecule has 0 N–H and O–H groups in total. The van der Waals surface area contributed by atoms with Crippen LogP contribution in [0, 0.1) is 11.7 Å². The molecule has 0 spiro atoms. The minimum Gasteiger partial charge on any atom is -0.434 e. The van der Waals surface area contributed by atoms with E-state index in [1.54, 1.807) is 0 Å². The molecule has 0 aliphatic carbocycles. The van der Waals surface area contributed by atoms with E-state index >= 15 is 0 Å². The molecule has 3 rings (SSSR count). The summed E-state index contributed by atoms with van der Waals surface area (Å²) in [5.41, 5.74) is 0.0549. The van der Waals surface area contributed by atoms with Gasteiger partial charge in [-0.05, 0) is 44.9 Å². The van der Waals surface area contributed by atoms with E-state index in [1.165, 1.54) is 6.07 Å². The second-order valence-corrected chi connectivity index (χ2v) is 6.46. The summed E-state index contributed by atoms with van der Waals surface area (Å²) >= 11 is 0. The lowest BCUT2D eigenvalue weighted by atomic mass is 9.76. The van der Waals surface area contributed by atoms with Crippen LogP contribution in [0.2, 0.25) is 0 Å². The van der Waals surface area contributed by atoms with Gasteiger partial charge in [0, 0.05) is 24.1 Å². The topological polar surface area (TPSA) is 29.5 Å². The lowest BCUT2D eigenvalue weighted by Crippen LogP contribution is -2.51. The van der Waals surface area contributed by atoms with Gasteiger partial charge in [-0.15, -0.1) is 0 Å². The molecule has 2 unspecified atom stereocenters. The van der Waals surface area contributed by atoms with Gasteiger partial charge in [0.1, 0.15) is 11.6 Å². The number of rotatable bonds is 4. The molecule has 126 valence electrons. The molecule has 0 radical (unpaired) electrons. The van der Waals surface area contributed by atoms with E-state index in [4.69, 9.17) is 0 Å². The summed E-state index contributed by atoms with van der Waals surface area (Å²) in [5, 5.41) is 0. The lowest BCUT2D eigenvalue weighted by Gasteiger charge is -2.46. The fourth-order valence-electron chi connectivity index (χ4n) is 3.94. The Labute approximate surface area is 133 Å². The Morgan fingerprint density at radius 2 is 1.91 bits per heavy atom. The van der Waals surface area contributed by atoms with Crippen LogP contribution in [0.25, 0.3) is 0 Å². The third-order valence-electron chi connectivity index (χ3n) is 5.14. The van der Waals surface area contributed by atoms with Gasteiger partial charge in [-0.3, -0.25) is 4.79 Å². The van der Waals surface area contributed by atoms with Gasteiger partial charge < -0.3 is 9.64 Å². The summed E-state index contributed by atoms with van der Waals surface area (Å²) in [6, 6.07) is 3.94. The third-order valence-corrected chi connectivity index (χ3v) is 5.14. The number of hydrogen-bond acceptors (Lipinski definition) is 3. The van der Waals surface area contributed by atoms with Crippen molar-refractivity contribution in [1.82, 2.24) is 4.90 Å². The van der Waals surface area contributed by atoms with E-state index in [0.717, 1.165) is 44.2 Å². The smallest absolute Gasteiger partial charge is 0.387 e. The summed E-state index contributed by atoms with van der Waals surface area (Å²) in [7, 11) is 2.08. The second-order valence-electron chi connectivity index (χ2n) is 6.46. The summed E-state index contributed by atoms with van der Waals surface area (Å²) in [6.45, 7) is -3.08. The van der Waals surface area contributed by atoms with Crippen LogP contribution in [-0.2, 0) is 0 Å². The predicted molar refractivity (Wildman–Crippen MR) is 79.3 cm³/mol. The van der Waals surface area contributed by atoms with E-state index in [1.807, 2.05) is 0 Å². The molecule has 2 aliphatic rings. The maximum absolute atomic E-state index is 13.3. The first-order valence-electron chi connectivity index (χ1n) is 7.96. The Kier molecular flexibility index (Phi) is 4.62. The van der Waals surface area contributed by atoms with Crippen molar-refractivity contribution in [3.63, 3.8) is 0 Å². The van der Waals surface area contributed by atoms with Crippen molar-refractivity contribution in [2.45, 2.75) is 50.8 Å². The Morgan fingerprint density at radius 3 is 2.52 bits per heavy atom. The summed E-state index contributed by atoms with van der Waals surface area (Å²) < 4.78 is 42.7. The quantitative estimate of drug-likeness (QED) is 0.786. The first-order chi connectivity index (χ1) is 11.0. The number of ether oxygens (including phenoxy) is 1. The third kappa shape index (κ3) is 3.37. The summed E-state index contributed by atoms with van der Waals surface area (Å²) in [6.07, 6.45) is 4.71. The minimum absolute atomic E-state index is 0.0549. The highest BCUT2D eigenvalue weighted by atomic mass is 19.3. The van der Waals surface area contributed by atoms with Crippen molar-refractivity contribution < 1.29 is 22.7 Å². The molecular weight excluding hydrogens is 307 g/mol. The first kappa shape index (κ1) is 16.3. The van der Waals surface area contributed by atoms with E-state index < -0.39 is 12.4 Å². The molecule has 2 aliphatic heterocycles. The standard InChI is InChI=1S/C17H20F3NO2/c1-21-12-3-2-4-13(21)8-10(7-12)16(22)14-6-5-11(18)9-15(14)23-17(19)20/h5-6,9-10,12-13,17H,2-4,7-8H2,1H3.